The SMILES string of the molecule is COCc1cccc(CNc2ccnc(Cl)c2)c1. The van der Waals surface area contributed by atoms with Crippen molar-refractivity contribution in [3.63, 3.8) is 0 Å². The van der Waals surface area contributed by atoms with Crippen molar-refractivity contribution in [1.82, 2.24) is 4.98 Å². The van der Waals surface area contributed by atoms with Crippen molar-refractivity contribution in [2.75, 3.05) is 12.4 Å². The van der Waals surface area contributed by atoms with E-state index in [-0.39, 0.29) is 0 Å². The molecule has 0 atom stereocenters. The normalized spacial score (nSPS) is 10.3. The van der Waals surface area contributed by atoms with Crippen LogP contribution in [0.5, 0.6) is 0 Å². The molecule has 0 fully saturated rings. The van der Waals surface area contributed by atoms with Crippen molar-refractivity contribution >= 4 is 17.3 Å². The quantitative estimate of drug-likeness (QED) is 0.838. The fraction of sp³-hybridized carbons (Fsp3) is 0.214. The first-order valence-electron chi connectivity index (χ1n) is 5.70. The van der Waals surface area contributed by atoms with Gasteiger partial charge in [-0.1, -0.05) is 35.9 Å². The Morgan fingerprint density at radius 1 is 1.22 bits per heavy atom. The average molecular weight is 263 g/mol. The fourth-order valence-corrected chi connectivity index (χ4v) is 1.89. The zero-order valence-corrected chi connectivity index (χ0v) is 10.9. The van der Waals surface area contributed by atoms with Crippen LogP contribution in [0.2, 0.25) is 5.15 Å². The zero-order chi connectivity index (χ0) is 12.8. The lowest BCUT2D eigenvalue weighted by molar-refractivity contribution is 0.185. The molecule has 0 aliphatic rings. The lowest BCUT2D eigenvalue weighted by atomic mass is 10.1. The first-order valence-corrected chi connectivity index (χ1v) is 6.08. The van der Waals surface area contributed by atoms with Gasteiger partial charge in [0.1, 0.15) is 5.15 Å². The van der Waals surface area contributed by atoms with Crippen molar-refractivity contribution in [2.24, 2.45) is 0 Å². The van der Waals surface area contributed by atoms with Gasteiger partial charge in [0.05, 0.1) is 6.61 Å². The van der Waals surface area contributed by atoms with Crippen LogP contribution in [0.1, 0.15) is 11.1 Å². The molecule has 0 radical (unpaired) electrons. The van der Waals surface area contributed by atoms with Gasteiger partial charge >= 0.3 is 0 Å². The summed E-state index contributed by atoms with van der Waals surface area (Å²) in [6.07, 6.45) is 1.69. The summed E-state index contributed by atoms with van der Waals surface area (Å²) in [6, 6.07) is 12.0. The molecular formula is C14H15ClN2O. The number of hydrogen-bond donors (Lipinski definition) is 1. The van der Waals surface area contributed by atoms with Crippen LogP contribution in [0.15, 0.2) is 42.6 Å². The summed E-state index contributed by atoms with van der Waals surface area (Å²) in [5, 5.41) is 3.80. The number of nitrogens with zero attached hydrogens (tertiary/aromatic N) is 1. The maximum atomic E-state index is 5.83. The van der Waals surface area contributed by atoms with Crippen LogP contribution in [0.25, 0.3) is 0 Å². The third-order valence-electron chi connectivity index (χ3n) is 2.53. The number of hydrogen-bond acceptors (Lipinski definition) is 3. The molecule has 0 spiro atoms. The molecule has 0 bridgehead atoms. The number of rotatable bonds is 5. The highest BCUT2D eigenvalue weighted by molar-refractivity contribution is 6.29. The molecule has 2 aromatic rings. The van der Waals surface area contributed by atoms with Crippen LogP contribution >= 0.6 is 11.6 Å². The van der Waals surface area contributed by atoms with E-state index in [0.717, 1.165) is 12.2 Å². The number of halogens is 1. The summed E-state index contributed by atoms with van der Waals surface area (Å²) < 4.78 is 5.12. The van der Waals surface area contributed by atoms with Crippen molar-refractivity contribution in [1.29, 1.82) is 0 Å². The summed E-state index contributed by atoms with van der Waals surface area (Å²) >= 11 is 5.83. The Morgan fingerprint density at radius 2 is 2.06 bits per heavy atom. The van der Waals surface area contributed by atoms with Gasteiger partial charge in [-0.25, -0.2) is 4.98 Å². The predicted molar refractivity (Wildman–Crippen MR) is 73.7 cm³/mol. The second kappa shape index (κ2) is 6.38. The Kier molecular flexibility index (Phi) is 4.56. The number of benzene rings is 1. The fourth-order valence-electron chi connectivity index (χ4n) is 1.71. The highest BCUT2D eigenvalue weighted by atomic mass is 35.5. The standard InChI is InChI=1S/C14H15ClN2O/c1-18-10-12-4-2-3-11(7-12)9-17-13-5-6-16-14(15)8-13/h2-8H,9-10H2,1H3,(H,16,17). The average Bonchev–Trinajstić information content (AvgIpc) is 2.37. The third kappa shape index (κ3) is 3.72. The topological polar surface area (TPSA) is 34.1 Å². The molecule has 4 heteroatoms. The molecule has 1 aromatic carbocycles. The molecule has 0 saturated heterocycles. The van der Waals surface area contributed by atoms with E-state index in [1.807, 2.05) is 12.1 Å². The summed E-state index contributed by atoms with van der Waals surface area (Å²) in [6.45, 7) is 1.38. The van der Waals surface area contributed by atoms with E-state index in [1.165, 1.54) is 11.1 Å². The number of ether oxygens (including phenoxy) is 1. The summed E-state index contributed by atoms with van der Waals surface area (Å²) in [5.41, 5.74) is 3.34. The van der Waals surface area contributed by atoms with Crippen molar-refractivity contribution in [2.45, 2.75) is 13.2 Å². The Balaban J connectivity index is 1.99. The number of pyridine rings is 1. The smallest absolute Gasteiger partial charge is 0.131 e. The molecule has 94 valence electrons. The monoisotopic (exact) mass is 262 g/mol. The van der Waals surface area contributed by atoms with Gasteiger partial charge in [-0.2, -0.15) is 0 Å². The molecule has 1 heterocycles. The van der Waals surface area contributed by atoms with Gasteiger partial charge in [0.25, 0.3) is 0 Å². The van der Waals surface area contributed by atoms with Crippen LogP contribution in [-0.4, -0.2) is 12.1 Å². The molecule has 0 saturated carbocycles. The predicted octanol–water partition coefficient (Wildman–Crippen LogP) is 3.49. The lowest BCUT2D eigenvalue weighted by Crippen LogP contribution is -2.00. The minimum absolute atomic E-state index is 0.494. The van der Waals surface area contributed by atoms with Crippen molar-refractivity contribution in [3.05, 3.63) is 58.9 Å². The van der Waals surface area contributed by atoms with Crippen LogP contribution in [0, 0.1) is 0 Å². The number of anilines is 1. The maximum absolute atomic E-state index is 5.83. The molecular weight excluding hydrogens is 248 g/mol. The minimum atomic E-state index is 0.494. The molecule has 1 N–H and O–H groups in total. The summed E-state index contributed by atoms with van der Waals surface area (Å²) in [7, 11) is 1.70. The molecule has 18 heavy (non-hydrogen) atoms. The first-order chi connectivity index (χ1) is 8.78. The molecule has 3 nitrogen and oxygen atoms in total. The van der Waals surface area contributed by atoms with Gasteiger partial charge in [-0.05, 0) is 23.3 Å². The first kappa shape index (κ1) is 12.9. The number of nitrogens with one attached hydrogen (secondary N) is 1. The van der Waals surface area contributed by atoms with E-state index in [9.17, 15) is 0 Å². The lowest BCUT2D eigenvalue weighted by Gasteiger charge is -2.08. The molecule has 1 aromatic heterocycles. The summed E-state index contributed by atoms with van der Waals surface area (Å²) in [4.78, 5) is 3.94. The molecule has 2 rings (SSSR count). The van der Waals surface area contributed by atoms with E-state index < -0.39 is 0 Å². The Labute approximate surface area is 112 Å². The van der Waals surface area contributed by atoms with Crippen LogP contribution in [-0.2, 0) is 17.9 Å². The Morgan fingerprint density at radius 3 is 2.83 bits per heavy atom. The van der Waals surface area contributed by atoms with Gasteiger partial charge in [-0.15, -0.1) is 0 Å². The van der Waals surface area contributed by atoms with Gasteiger partial charge in [0, 0.05) is 25.5 Å². The second-order valence-corrected chi connectivity index (χ2v) is 4.36. The van der Waals surface area contributed by atoms with E-state index in [4.69, 9.17) is 16.3 Å². The Bertz CT molecular complexity index is 517. The van der Waals surface area contributed by atoms with Crippen LogP contribution in [0.3, 0.4) is 0 Å². The highest BCUT2D eigenvalue weighted by Gasteiger charge is 1.98. The van der Waals surface area contributed by atoms with Crippen LogP contribution < -0.4 is 5.32 Å². The number of aromatic nitrogens is 1. The van der Waals surface area contributed by atoms with Crippen molar-refractivity contribution < 1.29 is 4.74 Å². The molecule has 0 amide bonds. The van der Waals surface area contributed by atoms with Crippen LogP contribution in [0.4, 0.5) is 5.69 Å². The third-order valence-corrected chi connectivity index (χ3v) is 2.73. The van der Waals surface area contributed by atoms with E-state index in [1.54, 1.807) is 19.4 Å². The minimum Gasteiger partial charge on any atom is -0.381 e. The maximum Gasteiger partial charge on any atom is 0.131 e. The van der Waals surface area contributed by atoms with Gasteiger partial charge in [0.15, 0.2) is 0 Å². The van der Waals surface area contributed by atoms with Gasteiger partial charge < -0.3 is 10.1 Å². The second-order valence-electron chi connectivity index (χ2n) is 3.97. The molecule has 0 aliphatic heterocycles. The van der Waals surface area contributed by atoms with Gasteiger partial charge in [0.2, 0.25) is 0 Å². The summed E-state index contributed by atoms with van der Waals surface area (Å²) in [5.74, 6) is 0. The number of methoxy groups -OCH3 is 1. The van der Waals surface area contributed by atoms with E-state index >= 15 is 0 Å². The Hall–Kier alpha value is -1.58. The molecule has 0 aliphatic carbocycles. The van der Waals surface area contributed by atoms with E-state index in [0.29, 0.717) is 11.8 Å². The zero-order valence-electron chi connectivity index (χ0n) is 10.2. The largest absolute Gasteiger partial charge is 0.381 e. The van der Waals surface area contributed by atoms with Crippen molar-refractivity contribution in [3.8, 4) is 0 Å². The molecule has 0 unspecified atom stereocenters. The van der Waals surface area contributed by atoms with E-state index in [2.05, 4.69) is 28.5 Å². The highest BCUT2D eigenvalue weighted by Crippen LogP contribution is 2.14. The van der Waals surface area contributed by atoms with Gasteiger partial charge in [-0.3, -0.25) is 0 Å².